The standard InChI is InChI=1S/C14H22N4O/c1-11(18-7-3-2-4-8-18)10-17-14(19)12-5-6-16-13(15)9-12/h5-6,9,11H,2-4,7-8,10H2,1H3,(H2,15,16)(H,17,19). The fourth-order valence-corrected chi connectivity index (χ4v) is 2.42. The number of hydrogen-bond donors (Lipinski definition) is 2. The Hall–Kier alpha value is -1.62. The number of nitrogens with two attached hydrogens (primary N) is 1. The Morgan fingerprint density at radius 2 is 2.21 bits per heavy atom. The predicted octanol–water partition coefficient (Wildman–Crippen LogP) is 1.27. The lowest BCUT2D eigenvalue weighted by molar-refractivity contribution is 0.0930. The van der Waals surface area contributed by atoms with E-state index in [9.17, 15) is 4.79 Å². The van der Waals surface area contributed by atoms with Crippen molar-refractivity contribution in [3.05, 3.63) is 23.9 Å². The van der Waals surface area contributed by atoms with E-state index in [2.05, 4.69) is 22.1 Å². The van der Waals surface area contributed by atoms with Crippen LogP contribution in [0, 0.1) is 0 Å². The van der Waals surface area contributed by atoms with Crippen molar-refractivity contribution in [1.82, 2.24) is 15.2 Å². The number of amides is 1. The highest BCUT2D eigenvalue weighted by molar-refractivity contribution is 5.94. The van der Waals surface area contributed by atoms with Crippen LogP contribution in [-0.2, 0) is 0 Å². The molecule has 1 atom stereocenters. The molecule has 0 saturated carbocycles. The summed E-state index contributed by atoms with van der Waals surface area (Å²) in [5.74, 6) is 0.287. The molecular weight excluding hydrogens is 240 g/mol. The maximum absolute atomic E-state index is 12.0. The molecule has 1 amide bonds. The number of anilines is 1. The molecule has 1 aromatic rings. The van der Waals surface area contributed by atoms with Crippen LogP contribution < -0.4 is 11.1 Å². The molecule has 2 rings (SSSR count). The molecule has 0 aromatic carbocycles. The maximum Gasteiger partial charge on any atom is 0.251 e. The van der Waals surface area contributed by atoms with Gasteiger partial charge in [0.25, 0.3) is 5.91 Å². The summed E-state index contributed by atoms with van der Waals surface area (Å²) in [6.45, 7) is 5.10. The van der Waals surface area contributed by atoms with Gasteiger partial charge in [0.05, 0.1) is 0 Å². The minimum Gasteiger partial charge on any atom is -0.384 e. The molecule has 0 bridgehead atoms. The molecule has 0 spiro atoms. The fourth-order valence-electron chi connectivity index (χ4n) is 2.42. The molecule has 1 aromatic heterocycles. The molecule has 3 N–H and O–H groups in total. The zero-order valence-corrected chi connectivity index (χ0v) is 11.4. The van der Waals surface area contributed by atoms with Gasteiger partial charge in [0.15, 0.2) is 0 Å². The van der Waals surface area contributed by atoms with Gasteiger partial charge in [0.1, 0.15) is 5.82 Å². The smallest absolute Gasteiger partial charge is 0.251 e. The lowest BCUT2D eigenvalue weighted by Crippen LogP contribution is -2.44. The van der Waals surface area contributed by atoms with Gasteiger partial charge in [0, 0.05) is 24.3 Å². The van der Waals surface area contributed by atoms with Gasteiger partial charge < -0.3 is 11.1 Å². The molecule has 2 heterocycles. The third kappa shape index (κ3) is 3.92. The number of nitrogens with zero attached hydrogens (tertiary/aromatic N) is 2. The van der Waals surface area contributed by atoms with Gasteiger partial charge in [-0.1, -0.05) is 6.42 Å². The van der Waals surface area contributed by atoms with Gasteiger partial charge in [-0.2, -0.15) is 0 Å². The van der Waals surface area contributed by atoms with Gasteiger partial charge in [-0.25, -0.2) is 4.98 Å². The van der Waals surface area contributed by atoms with E-state index in [0.29, 0.717) is 24.0 Å². The number of carbonyl (C=O) groups is 1. The second kappa shape index (κ2) is 6.52. The van der Waals surface area contributed by atoms with Crippen LogP contribution in [0.3, 0.4) is 0 Å². The Morgan fingerprint density at radius 3 is 2.89 bits per heavy atom. The van der Waals surface area contributed by atoms with E-state index in [1.807, 2.05) is 0 Å². The zero-order valence-electron chi connectivity index (χ0n) is 11.4. The van der Waals surface area contributed by atoms with Crippen LogP contribution in [0.5, 0.6) is 0 Å². The molecule has 1 aliphatic rings. The van der Waals surface area contributed by atoms with Crippen molar-refractivity contribution in [2.45, 2.75) is 32.2 Å². The molecule has 104 valence electrons. The van der Waals surface area contributed by atoms with Gasteiger partial charge >= 0.3 is 0 Å². The lowest BCUT2D eigenvalue weighted by atomic mass is 10.1. The summed E-state index contributed by atoms with van der Waals surface area (Å²) in [6.07, 6.45) is 5.41. The lowest BCUT2D eigenvalue weighted by Gasteiger charge is -2.32. The molecule has 5 nitrogen and oxygen atoms in total. The van der Waals surface area contributed by atoms with Crippen LogP contribution >= 0.6 is 0 Å². The van der Waals surface area contributed by atoms with Crippen molar-refractivity contribution >= 4 is 11.7 Å². The number of nitrogens with one attached hydrogen (secondary N) is 1. The molecule has 0 radical (unpaired) electrons. The molecule has 0 aliphatic carbocycles. The van der Waals surface area contributed by atoms with E-state index in [1.54, 1.807) is 18.3 Å². The summed E-state index contributed by atoms with van der Waals surface area (Å²) < 4.78 is 0. The molecule has 1 fully saturated rings. The minimum atomic E-state index is -0.0852. The van der Waals surface area contributed by atoms with Gasteiger partial charge in [-0.3, -0.25) is 9.69 Å². The summed E-state index contributed by atoms with van der Waals surface area (Å²) >= 11 is 0. The highest BCUT2D eigenvalue weighted by Crippen LogP contribution is 2.11. The van der Waals surface area contributed by atoms with Crippen molar-refractivity contribution in [3.8, 4) is 0 Å². The average molecular weight is 262 g/mol. The average Bonchev–Trinajstić information content (AvgIpc) is 2.45. The molecule has 5 heteroatoms. The summed E-state index contributed by atoms with van der Waals surface area (Å²) in [5, 5.41) is 2.96. The number of hydrogen-bond acceptors (Lipinski definition) is 4. The fraction of sp³-hybridized carbons (Fsp3) is 0.571. The largest absolute Gasteiger partial charge is 0.384 e. The minimum absolute atomic E-state index is 0.0852. The SMILES string of the molecule is CC(CNC(=O)c1ccnc(N)c1)N1CCCCC1. The van der Waals surface area contributed by atoms with Crippen LogP contribution in [0.15, 0.2) is 18.3 Å². The van der Waals surface area contributed by atoms with E-state index in [1.165, 1.54) is 19.3 Å². The Kier molecular flexibility index (Phi) is 4.74. The number of piperidine rings is 1. The predicted molar refractivity (Wildman–Crippen MR) is 75.9 cm³/mol. The van der Waals surface area contributed by atoms with E-state index < -0.39 is 0 Å². The van der Waals surface area contributed by atoms with Crippen molar-refractivity contribution in [1.29, 1.82) is 0 Å². The van der Waals surface area contributed by atoms with Crippen LogP contribution in [0.1, 0.15) is 36.5 Å². The Bertz CT molecular complexity index is 429. The highest BCUT2D eigenvalue weighted by atomic mass is 16.1. The van der Waals surface area contributed by atoms with E-state index in [4.69, 9.17) is 5.73 Å². The van der Waals surface area contributed by atoms with Crippen LogP contribution in [0.25, 0.3) is 0 Å². The number of rotatable bonds is 4. The summed E-state index contributed by atoms with van der Waals surface area (Å²) in [5.41, 5.74) is 6.14. The van der Waals surface area contributed by atoms with Crippen LogP contribution in [0.2, 0.25) is 0 Å². The summed E-state index contributed by atoms with van der Waals surface area (Å²) in [4.78, 5) is 18.3. The topological polar surface area (TPSA) is 71.2 Å². The van der Waals surface area contributed by atoms with Crippen LogP contribution in [0.4, 0.5) is 5.82 Å². The first-order valence-electron chi connectivity index (χ1n) is 6.90. The third-order valence-corrected chi connectivity index (χ3v) is 3.62. The Morgan fingerprint density at radius 1 is 1.47 bits per heavy atom. The maximum atomic E-state index is 12.0. The number of aromatic nitrogens is 1. The van der Waals surface area contributed by atoms with Crippen molar-refractivity contribution in [2.75, 3.05) is 25.4 Å². The molecule has 19 heavy (non-hydrogen) atoms. The molecule has 1 saturated heterocycles. The zero-order chi connectivity index (χ0) is 13.7. The van der Waals surface area contributed by atoms with Crippen molar-refractivity contribution in [2.24, 2.45) is 0 Å². The normalized spacial score (nSPS) is 17.9. The van der Waals surface area contributed by atoms with Crippen molar-refractivity contribution < 1.29 is 4.79 Å². The molecule has 1 unspecified atom stereocenters. The second-order valence-corrected chi connectivity index (χ2v) is 5.13. The van der Waals surface area contributed by atoms with E-state index in [-0.39, 0.29) is 5.91 Å². The second-order valence-electron chi connectivity index (χ2n) is 5.13. The van der Waals surface area contributed by atoms with E-state index >= 15 is 0 Å². The monoisotopic (exact) mass is 262 g/mol. The first-order valence-corrected chi connectivity index (χ1v) is 6.90. The Labute approximate surface area is 114 Å². The van der Waals surface area contributed by atoms with Gasteiger partial charge in [-0.15, -0.1) is 0 Å². The van der Waals surface area contributed by atoms with Gasteiger partial charge in [-0.05, 0) is 45.0 Å². The van der Waals surface area contributed by atoms with Crippen molar-refractivity contribution in [3.63, 3.8) is 0 Å². The Balaban J connectivity index is 1.82. The third-order valence-electron chi connectivity index (χ3n) is 3.62. The van der Waals surface area contributed by atoms with Crippen LogP contribution in [-0.4, -0.2) is 41.5 Å². The van der Waals surface area contributed by atoms with Gasteiger partial charge in [0.2, 0.25) is 0 Å². The molecular formula is C14H22N4O. The summed E-state index contributed by atoms with van der Waals surface area (Å²) in [7, 11) is 0. The quantitative estimate of drug-likeness (QED) is 0.857. The molecule has 1 aliphatic heterocycles. The van der Waals surface area contributed by atoms with E-state index in [0.717, 1.165) is 13.1 Å². The summed E-state index contributed by atoms with van der Waals surface area (Å²) in [6, 6.07) is 3.65. The first-order chi connectivity index (χ1) is 9.16. The number of carbonyl (C=O) groups excluding carboxylic acids is 1. The first kappa shape index (κ1) is 13.8. The number of nitrogen functional groups attached to an aromatic ring is 1. The highest BCUT2D eigenvalue weighted by Gasteiger charge is 2.17. The number of likely N-dealkylation sites (tertiary alicyclic amines) is 1. The number of pyridine rings is 1.